The molecular formula is C49H29N3S. The van der Waals surface area contributed by atoms with E-state index in [0.717, 1.165) is 27.8 Å². The Balaban J connectivity index is 1.05. The zero-order valence-corrected chi connectivity index (χ0v) is 29.3. The van der Waals surface area contributed by atoms with E-state index in [4.69, 9.17) is 15.0 Å². The van der Waals surface area contributed by atoms with Crippen molar-refractivity contribution in [2.75, 3.05) is 0 Å². The minimum Gasteiger partial charge on any atom is -0.208 e. The van der Waals surface area contributed by atoms with Crippen molar-refractivity contribution in [2.45, 2.75) is 0 Å². The van der Waals surface area contributed by atoms with Gasteiger partial charge in [-0.25, -0.2) is 15.0 Å². The number of aromatic nitrogens is 3. The summed E-state index contributed by atoms with van der Waals surface area (Å²) in [5, 5.41) is 13.0. The highest BCUT2D eigenvalue weighted by atomic mass is 32.1. The Morgan fingerprint density at radius 3 is 1.49 bits per heavy atom. The van der Waals surface area contributed by atoms with E-state index in [1.165, 1.54) is 63.3 Å². The first-order chi connectivity index (χ1) is 26.2. The van der Waals surface area contributed by atoms with Crippen LogP contribution in [0.5, 0.6) is 0 Å². The van der Waals surface area contributed by atoms with E-state index in [0.29, 0.717) is 17.5 Å². The van der Waals surface area contributed by atoms with Gasteiger partial charge >= 0.3 is 0 Å². The molecule has 0 spiro atoms. The normalized spacial score (nSPS) is 11.8. The molecule has 0 radical (unpaired) electrons. The largest absolute Gasteiger partial charge is 0.208 e. The van der Waals surface area contributed by atoms with Crippen molar-refractivity contribution in [1.29, 1.82) is 0 Å². The van der Waals surface area contributed by atoms with E-state index in [2.05, 4.69) is 115 Å². The molecule has 246 valence electrons. The maximum absolute atomic E-state index is 4.98. The maximum atomic E-state index is 4.98. The molecule has 0 saturated heterocycles. The third kappa shape index (κ3) is 4.91. The molecule has 9 aromatic carbocycles. The predicted molar refractivity (Wildman–Crippen MR) is 224 cm³/mol. The SMILES string of the molecule is c1ccc(-c2nc(-c3ccccc3)nc(-c3cccc(-c4ccc5cc6sc7c(ccc8c9ccccc9c9ccccc9c87)c6cc5c4)c3)n2)cc1. The van der Waals surface area contributed by atoms with Gasteiger partial charge in [0.15, 0.2) is 17.5 Å². The second kappa shape index (κ2) is 11.9. The number of rotatable bonds is 4. The Hall–Kier alpha value is -6.75. The van der Waals surface area contributed by atoms with Gasteiger partial charge in [0.1, 0.15) is 0 Å². The van der Waals surface area contributed by atoms with Crippen LogP contribution in [0.1, 0.15) is 0 Å². The van der Waals surface area contributed by atoms with Gasteiger partial charge in [0, 0.05) is 42.2 Å². The van der Waals surface area contributed by atoms with E-state index in [1.54, 1.807) is 0 Å². The molecule has 0 atom stereocenters. The molecule has 2 aromatic heterocycles. The molecule has 4 heteroatoms. The highest BCUT2D eigenvalue weighted by molar-refractivity contribution is 7.27. The quantitative estimate of drug-likeness (QED) is 0.172. The number of hydrogen-bond donors (Lipinski definition) is 0. The third-order valence-electron chi connectivity index (χ3n) is 10.5. The van der Waals surface area contributed by atoms with Gasteiger partial charge in [0.05, 0.1) is 0 Å². The lowest BCUT2D eigenvalue weighted by Crippen LogP contribution is -2.00. The summed E-state index contributed by atoms with van der Waals surface area (Å²) >= 11 is 1.91. The highest BCUT2D eigenvalue weighted by Crippen LogP contribution is 2.45. The summed E-state index contributed by atoms with van der Waals surface area (Å²) < 4.78 is 2.66. The van der Waals surface area contributed by atoms with Crippen LogP contribution in [0.3, 0.4) is 0 Å². The maximum Gasteiger partial charge on any atom is 0.164 e. The van der Waals surface area contributed by atoms with E-state index in [-0.39, 0.29) is 0 Å². The molecule has 0 saturated carbocycles. The number of fused-ring (bicyclic) bond motifs is 11. The Kier molecular flexibility index (Phi) is 6.73. The van der Waals surface area contributed by atoms with E-state index >= 15 is 0 Å². The Bertz CT molecular complexity index is 3130. The fraction of sp³-hybridized carbons (Fsp3) is 0. The average molecular weight is 692 g/mol. The first-order valence-electron chi connectivity index (χ1n) is 17.9. The van der Waals surface area contributed by atoms with Gasteiger partial charge < -0.3 is 0 Å². The smallest absolute Gasteiger partial charge is 0.164 e. The highest BCUT2D eigenvalue weighted by Gasteiger charge is 2.16. The van der Waals surface area contributed by atoms with Crippen LogP contribution in [-0.4, -0.2) is 15.0 Å². The van der Waals surface area contributed by atoms with Crippen LogP contribution in [0.4, 0.5) is 0 Å². The minimum atomic E-state index is 0.652. The molecule has 0 N–H and O–H groups in total. The summed E-state index contributed by atoms with van der Waals surface area (Å²) in [6.45, 7) is 0. The molecular weight excluding hydrogens is 663 g/mol. The van der Waals surface area contributed by atoms with Crippen molar-refractivity contribution in [1.82, 2.24) is 15.0 Å². The standard InChI is InChI=1S/C49H29N3S/c1-3-12-30(13-4-1)47-50-48(31-14-5-2-6-15-31)52-49(51-47)35-17-11-16-32(26-35)33-22-23-34-29-44-43(28-36(34)27-33)42-25-24-41-39-20-8-7-18-37(39)38-19-9-10-21-40(38)45(41)46(42)53-44/h1-29H. The molecule has 11 aromatic rings. The minimum absolute atomic E-state index is 0.652. The number of benzene rings is 9. The van der Waals surface area contributed by atoms with Crippen molar-refractivity contribution < 1.29 is 0 Å². The Morgan fingerprint density at radius 2 is 0.811 bits per heavy atom. The lowest BCUT2D eigenvalue weighted by atomic mass is 9.93. The second-order valence-corrected chi connectivity index (χ2v) is 14.6. The zero-order chi connectivity index (χ0) is 34.9. The summed E-state index contributed by atoms with van der Waals surface area (Å²) in [5.41, 5.74) is 5.14. The van der Waals surface area contributed by atoms with E-state index < -0.39 is 0 Å². The van der Waals surface area contributed by atoms with Gasteiger partial charge in [-0.2, -0.15) is 0 Å². The fourth-order valence-electron chi connectivity index (χ4n) is 7.92. The molecule has 53 heavy (non-hydrogen) atoms. The van der Waals surface area contributed by atoms with Crippen LogP contribution < -0.4 is 0 Å². The molecule has 0 aliphatic rings. The lowest BCUT2D eigenvalue weighted by molar-refractivity contribution is 1.07. The molecule has 0 unspecified atom stereocenters. The molecule has 0 aliphatic carbocycles. The summed E-state index contributed by atoms with van der Waals surface area (Å²) in [4.78, 5) is 14.8. The van der Waals surface area contributed by atoms with Crippen molar-refractivity contribution in [3.05, 3.63) is 176 Å². The number of hydrogen-bond acceptors (Lipinski definition) is 4. The lowest BCUT2D eigenvalue weighted by Gasteiger charge is -2.11. The predicted octanol–water partition coefficient (Wildman–Crippen LogP) is 13.5. The molecule has 0 fully saturated rings. The third-order valence-corrected chi connectivity index (χ3v) is 11.6. The van der Waals surface area contributed by atoms with Gasteiger partial charge in [-0.3, -0.25) is 0 Å². The molecule has 0 amide bonds. The van der Waals surface area contributed by atoms with Gasteiger partial charge in [-0.1, -0.05) is 152 Å². The van der Waals surface area contributed by atoms with Gasteiger partial charge in [0.2, 0.25) is 0 Å². The first kappa shape index (κ1) is 29.9. The molecule has 11 rings (SSSR count). The topological polar surface area (TPSA) is 38.7 Å². The molecule has 0 aliphatic heterocycles. The van der Waals surface area contributed by atoms with Gasteiger partial charge in [-0.05, 0) is 73.1 Å². The van der Waals surface area contributed by atoms with Gasteiger partial charge in [0.25, 0.3) is 0 Å². The monoisotopic (exact) mass is 691 g/mol. The van der Waals surface area contributed by atoms with Crippen LogP contribution in [0.15, 0.2) is 176 Å². The Labute approximate surface area is 309 Å². The fourth-order valence-corrected chi connectivity index (χ4v) is 9.21. The number of nitrogens with zero attached hydrogens (tertiary/aromatic N) is 3. The molecule has 0 bridgehead atoms. The second-order valence-electron chi connectivity index (χ2n) is 13.6. The van der Waals surface area contributed by atoms with Gasteiger partial charge in [-0.15, -0.1) is 11.3 Å². The van der Waals surface area contributed by atoms with Crippen LogP contribution in [0, 0.1) is 0 Å². The average Bonchev–Trinajstić information content (AvgIpc) is 3.60. The molecule has 2 heterocycles. The van der Waals surface area contributed by atoms with Crippen molar-refractivity contribution in [3.63, 3.8) is 0 Å². The van der Waals surface area contributed by atoms with E-state index in [1.807, 2.05) is 72.0 Å². The van der Waals surface area contributed by atoms with Crippen molar-refractivity contribution in [3.8, 4) is 45.3 Å². The van der Waals surface area contributed by atoms with Crippen molar-refractivity contribution >= 4 is 74.6 Å². The number of thiophene rings is 1. The van der Waals surface area contributed by atoms with Crippen LogP contribution in [-0.2, 0) is 0 Å². The summed E-state index contributed by atoms with van der Waals surface area (Å²) in [5.74, 6) is 1.97. The van der Waals surface area contributed by atoms with Crippen molar-refractivity contribution in [2.24, 2.45) is 0 Å². The van der Waals surface area contributed by atoms with Crippen LogP contribution in [0.25, 0.3) is 109 Å². The van der Waals surface area contributed by atoms with E-state index in [9.17, 15) is 0 Å². The Morgan fingerprint density at radius 1 is 0.302 bits per heavy atom. The zero-order valence-electron chi connectivity index (χ0n) is 28.5. The summed E-state index contributed by atoms with van der Waals surface area (Å²) in [7, 11) is 0. The first-order valence-corrected chi connectivity index (χ1v) is 18.7. The molecule has 3 nitrogen and oxygen atoms in total. The summed E-state index contributed by atoms with van der Waals surface area (Å²) in [6.07, 6.45) is 0. The van der Waals surface area contributed by atoms with Crippen LogP contribution >= 0.6 is 11.3 Å². The van der Waals surface area contributed by atoms with Crippen LogP contribution in [0.2, 0.25) is 0 Å². The summed E-state index contributed by atoms with van der Waals surface area (Å²) in [6, 6.07) is 62.7.